The van der Waals surface area contributed by atoms with Crippen LogP contribution in [0.1, 0.15) is 5.56 Å². The fraction of sp³-hybridized carbons (Fsp3) is 0.167. The maximum absolute atomic E-state index is 3.52. The molecule has 0 amide bonds. The minimum Gasteiger partial charge on any atom is -0.0773 e. The molecule has 0 fully saturated rings. The van der Waals surface area contributed by atoms with E-state index in [0.717, 1.165) is 11.6 Å². The number of allylic oxidation sites excluding steroid dienone is 4. The normalized spacial score (nSPS) is 15.5. The third kappa shape index (κ3) is 2.19. The van der Waals surface area contributed by atoms with Crippen molar-refractivity contribution in [2.24, 2.45) is 5.92 Å². The summed E-state index contributed by atoms with van der Waals surface area (Å²) in [4.78, 5) is 0. The second-order valence-corrected chi connectivity index (χ2v) is 3.92. The summed E-state index contributed by atoms with van der Waals surface area (Å²) in [6.07, 6.45) is 9.80. The first-order chi connectivity index (χ1) is 6.34. The highest BCUT2D eigenvalue weighted by Gasteiger charge is 2.04. The van der Waals surface area contributed by atoms with Crippen LogP contribution in [0.2, 0.25) is 0 Å². The minimum absolute atomic E-state index is 0.591. The topological polar surface area (TPSA) is 0 Å². The molecule has 3 radical (unpaired) electrons. The predicted molar refractivity (Wildman–Crippen MR) is 57.3 cm³/mol. The van der Waals surface area contributed by atoms with Crippen molar-refractivity contribution in [2.75, 3.05) is 0 Å². The standard InChI is InChI=1S/C12H11Si/c13-12-7-3-6-11(9-12)8-10-4-1-2-5-10/h1-7,9-10H,8H2. The molecule has 1 aliphatic rings. The van der Waals surface area contributed by atoms with Gasteiger partial charge in [0.1, 0.15) is 0 Å². The van der Waals surface area contributed by atoms with Crippen molar-refractivity contribution < 1.29 is 0 Å². The van der Waals surface area contributed by atoms with Crippen LogP contribution in [0.3, 0.4) is 0 Å². The molecule has 0 spiro atoms. The van der Waals surface area contributed by atoms with Crippen LogP contribution >= 0.6 is 0 Å². The maximum Gasteiger partial charge on any atom is 0.0711 e. The predicted octanol–water partition coefficient (Wildman–Crippen LogP) is 1.77. The van der Waals surface area contributed by atoms with E-state index >= 15 is 0 Å². The zero-order valence-corrected chi connectivity index (χ0v) is 8.40. The molecular formula is C12H11Si. The monoisotopic (exact) mass is 183 g/mol. The first-order valence-corrected chi connectivity index (χ1v) is 5.00. The first-order valence-electron chi connectivity index (χ1n) is 4.50. The molecule has 0 N–H and O–H groups in total. The molecule has 0 heterocycles. The van der Waals surface area contributed by atoms with Gasteiger partial charge in [-0.15, -0.1) is 0 Å². The SMILES string of the molecule is [Si]c1cccc(CC2C=CC=C2)c1. The van der Waals surface area contributed by atoms with Crippen molar-refractivity contribution in [3.05, 3.63) is 54.1 Å². The van der Waals surface area contributed by atoms with Crippen LogP contribution in [-0.2, 0) is 6.42 Å². The summed E-state index contributed by atoms with van der Waals surface area (Å²) < 4.78 is 0. The van der Waals surface area contributed by atoms with Gasteiger partial charge in [0.25, 0.3) is 0 Å². The number of hydrogen-bond donors (Lipinski definition) is 0. The zero-order chi connectivity index (χ0) is 9.10. The molecule has 0 unspecified atom stereocenters. The maximum atomic E-state index is 3.52. The van der Waals surface area contributed by atoms with E-state index < -0.39 is 0 Å². The Bertz CT molecular complexity index is 338. The molecule has 1 aliphatic carbocycles. The lowest BCUT2D eigenvalue weighted by Crippen LogP contribution is -2.04. The fourth-order valence-corrected chi connectivity index (χ4v) is 1.87. The summed E-state index contributed by atoms with van der Waals surface area (Å²) in [7, 11) is 3.52. The van der Waals surface area contributed by atoms with Crippen LogP contribution in [0.25, 0.3) is 0 Å². The third-order valence-corrected chi connectivity index (χ3v) is 2.54. The molecule has 1 aromatic carbocycles. The van der Waals surface area contributed by atoms with Crippen LogP contribution in [-0.4, -0.2) is 10.2 Å². The summed E-state index contributed by atoms with van der Waals surface area (Å²) >= 11 is 0. The van der Waals surface area contributed by atoms with Crippen molar-refractivity contribution in [3.8, 4) is 0 Å². The fourth-order valence-electron chi connectivity index (χ4n) is 1.58. The highest BCUT2D eigenvalue weighted by atomic mass is 28.1. The molecule has 1 heteroatoms. The van der Waals surface area contributed by atoms with E-state index in [2.05, 4.69) is 58.8 Å². The Hall–Kier alpha value is -1.08. The lowest BCUT2D eigenvalue weighted by Gasteiger charge is -2.05. The van der Waals surface area contributed by atoms with Crippen LogP contribution < -0.4 is 5.19 Å². The minimum atomic E-state index is 0.591. The number of rotatable bonds is 2. The summed E-state index contributed by atoms with van der Waals surface area (Å²) in [5, 5.41) is 1.16. The molecule has 1 aromatic rings. The Kier molecular flexibility index (Phi) is 2.46. The van der Waals surface area contributed by atoms with Crippen molar-refractivity contribution in [1.29, 1.82) is 0 Å². The molecular weight excluding hydrogens is 172 g/mol. The molecule has 0 aliphatic heterocycles. The Balaban J connectivity index is 2.09. The van der Waals surface area contributed by atoms with Gasteiger partial charge in [-0.1, -0.05) is 53.8 Å². The molecule has 0 aromatic heterocycles. The molecule has 0 atom stereocenters. The molecule has 63 valence electrons. The van der Waals surface area contributed by atoms with E-state index in [9.17, 15) is 0 Å². The Morgan fingerprint density at radius 1 is 1.15 bits per heavy atom. The molecule has 2 rings (SSSR count). The summed E-state index contributed by atoms with van der Waals surface area (Å²) in [6.45, 7) is 0. The average molecular weight is 183 g/mol. The average Bonchev–Trinajstić information content (AvgIpc) is 2.57. The van der Waals surface area contributed by atoms with Crippen LogP contribution in [0.15, 0.2) is 48.6 Å². The van der Waals surface area contributed by atoms with Gasteiger partial charge < -0.3 is 0 Å². The van der Waals surface area contributed by atoms with E-state index in [1.54, 1.807) is 0 Å². The van der Waals surface area contributed by atoms with Gasteiger partial charge in [-0.05, 0) is 17.9 Å². The number of hydrogen-bond acceptors (Lipinski definition) is 0. The quantitative estimate of drug-likeness (QED) is 0.613. The van der Waals surface area contributed by atoms with Crippen molar-refractivity contribution in [2.45, 2.75) is 6.42 Å². The van der Waals surface area contributed by atoms with E-state index in [0.29, 0.717) is 5.92 Å². The van der Waals surface area contributed by atoms with E-state index in [-0.39, 0.29) is 0 Å². The van der Waals surface area contributed by atoms with Gasteiger partial charge >= 0.3 is 0 Å². The van der Waals surface area contributed by atoms with Gasteiger partial charge in [0.2, 0.25) is 0 Å². The van der Waals surface area contributed by atoms with Gasteiger partial charge in [-0.2, -0.15) is 0 Å². The van der Waals surface area contributed by atoms with E-state index in [1.807, 2.05) is 0 Å². The lowest BCUT2D eigenvalue weighted by molar-refractivity contribution is 0.817. The first kappa shape index (κ1) is 8.51. The van der Waals surface area contributed by atoms with Gasteiger partial charge in [-0.25, -0.2) is 0 Å². The molecule has 13 heavy (non-hydrogen) atoms. The van der Waals surface area contributed by atoms with Crippen LogP contribution in [0.4, 0.5) is 0 Å². The molecule has 0 bridgehead atoms. The largest absolute Gasteiger partial charge is 0.0773 e. The van der Waals surface area contributed by atoms with Crippen LogP contribution in [0, 0.1) is 5.92 Å². The summed E-state index contributed by atoms with van der Waals surface area (Å²) in [6, 6.07) is 8.49. The Morgan fingerprint density at radius 3 is 2.62 bits per heavy atom. The summed E-state index contributed by atoms with van der Waals surface area (Å²) in [5.74, 6) is 0.591. The smallest absolute Gasteiger partial charge is 0.0711 e. The van der Waals surface area contributed by atoms with Crippen molar-refractivity contribution in [3.63, 3.8) is 0 Å². The zero-order valence-electron chi connectivity index (χ0n) is 7.40. The van der Waals surface area contributed by atoms with Crippen molar-refractivity contribution in [1.82, 2.24) is 0 Å². The third-order valence-electron chi connectivity index (χ3n) is 2.23. The Morgan fingerprint density at radius 2 is 1.92 bits per heavy atom. The molecule has 0 saturated carbocycles. The van der Waals surface area contributed by atoms with Gasteiger partial charge in [-0.3, -0.25) is 0 Å². The lowest BCUT2D eigenvalue weighted by atomic mass is 10.0. The highest BCUT2D eigenvalue weighted by molar-refractivity contribution is 6.32. The summed E-state index contributed by atoms with van der Waals surface area (Å²) in [5.41, 5.74) is 1.38. The van der Waals surface area contributed by atoms with E-state index in [4.69, 9.17) is 0 Å². The number of benzene rings is 1. The van der Waals surface area contributed by atoms with E-state index in [1.165, 1.54) is 5.56 Å². The molecule has 0 nitrogen and oxygen atoms in total. The highest BCUT2D eigenvalue weighted by Crippen LogP contribution is 2.14. The van der Waals surface area contributed by atoms with Gasteiger partial charge in [0.15, 0.2) is 0 Å². The van der Waals surface area contributed by atoms with Crippen molar-refractivity contribution >= 4 is 15.4 Å². The second-order valence-electron chi connectivity index (χ2n) is 3.34. The van der Waals surface area contributed by atoms with Gasteiger partial charge in [0.05, 0.1) is 10.2 Å². The van der Waals surface area contributed by atoms with Crippen LogP contribution in [0.5, 0.6) is 0 Å². The van der Waals surface area contributed by atoms with Gasteiger partial charge in [0, 0.05) is 0 Å². The second kappa shape index (κ2) is 3.75. The Labute approximate surface area is 82.4 Å². The molecule has 0 saturated heterocycles.